The third-order valence-electron chi connectivity index (χ3n) is 2.31. The summed E-state index contributed by atoms with van der Waals surface area (Å²) in [6, 6.07) is 8.88. The number of benzene rings is 1. The molecule has 0 bridgehead atoms. The minimum atomic E-state index is -0.498. The smallest absolute Gasteiger partial charge is 0.260 e. The zero-order valence-corrected chi connectivity index (χ0v) is 9.68. The highest BCUT2D eigenvalue weighted by atomic mass is 19.1. The van der Waals surface area contributed by atoms with Gasteiger partial charge in [0.1, 0.15) is 17.4 Å². The van der Waals surface area contributed by atoms with Gasteiger partial charge in [0, 0.05) is 6.20 Å². The molecule has 0 spiro atoms. The second kappa shape index (κ2) is 5.27. The maximum absolute atomic E-state index is 13.1. The van der Waals surface area contributed by atoms with Crippen molar-refractivity contribution in [1.82, 2.24) is 4.98 Å². The Morgan fingerprint density at radius 1 is 1.33 bits per heavy atom. The van der Waals surface area contributed by atoms with Gasteiger partial charge in [-0.2, -0.15) is 0 Å². The number of pyridine rings is 1. The number of rotatable bonds is 3. The fourth-order valence-electron chi connectivity index (χ4n) is 1.48. The summed E-state index contributed by atoms with van der Waals surface area (Å²) >= 11 is 0. The molecule has 1 aromatic heterocycles. The molecule has 0 saturated carbocycles. The van der Waals surface area contributed by atoms with Crippen molar-refractivity contribution in [1.29, 1.82) is 0 Å². The Balaban J connectivity index is 2.26. The van der Waals surface area contributed by atoms with Gasteiger partial charge in [0.15, 0.2) is 0 Å². The van der Waals surface area contributed by atoms with Crippen LogP contribution in [0.15, 0.2) is 42.6 Å². The van der Waals surface area contributed by atoms with E-state index in [0.29, 0.717) is 11.6 Å². The molecule has 0 radical (unpaired) electrons. The molecule has 0 aliphatic heterocycles. The lowest BCUT2D eigenvalue weighted by atomic mass is 10.2. The van der Waals surface area contributed by atoms with Crippen molar-refractivity contribution < 1.29 is 13.9 Å². The normalized spacial score (nSPS) is 9.89. The molecule has 0 saturated heterocycles. The van der Waals surface area contributed by atoms with E-state index in [0.717, 1.165) is 6.07 Å². The number of ether oxygens (including phenoxy) is 1. The molecule has 2 aromatic rings. The van der Waals surface area contributed by atoms with E-state index >= 15 is 0 Å². The van der Waals surface area contributed by atoms with Crippen LogP contribution in [-0.4, -0.2) is 18.0 Å². The number of hydrogen-bond acceptors (Lipinski definition) is 3. The van der Waals surface area contributed by atoms with Gasteiger partial charge in [0.25, 0.3) is 5.91 Å². The van der Waals surface area contributed by atoms with E-state index in [2.05, 4.69) is 10.3 Å². The standard InChI is InChI=1S/C13H11FN2O2/c1-18-11-6-5-9(14)8-10(11)13(17)16-12-4-2-3-7-15-12/h2-8H,1H3,(H,15,16,17). The Kier molecular flexibility index (Phi) is 3.52. The summed E-state index contributed by atoms with van der Waals surface area (Å²) in [4.78, 5) is 15.9. The Bertz CT molecular complexity index is 558. The maximum Gasteiger partial charge on any atom is 0.260 e. The fraction of sp³-hybridized carbons (Fsp3) is 0.0769. The molecular weight excluding hydrogens is 235 g/mol. The van der Waals surface area contributed by atoms with Gasteiger partial charge >= 0.3 is 0 Å². The van der Waals surface area contributed by atoms with Crippen LogP contribution in [0.5, 0.6) is 5.75 Å². The first-order valence-electron chi connectivity index (χ1n) is 5.26. The van der Waals surface area contributed by atoms with Crippen LogP contribution in [0.4, 0.5) is 10.2 Å². The van der Waals surface area contributed by atoms with Crippen molar-refractivity contribution >= 4 is 11.7 Å². The zero-order valence-electron chi connectivity index (χ0n) is 9.68. The molecule has 1 amide bonds. The molecule has 2 rings (SSSR count). The number of methoxy groups -OCH3 is 1. The maximum atomic E-state index is 13.1. The molecule has 4 nitrogen and oxygen atoms in total. The van der Waals surface area contributed by atoms with Crippen molar-refractivity contribution in [3.05, 3.63) is 54.0 Å². The van der Waals surface area contributed by atoms with E-state index in [4.69, 9.17) is 4.74 Å². The lowest BCUT2D eigenvalue weighted by Crippen LogP contribution is -2.14. The molecule has 0 aliphatic carbocycles. The number of aromatic nitrogens is 1. The van der Waals surface area contributed by atoms with Crippen LogP contribution >= 0.6 is 0 Å². The monoisotopic (exact) mass is 246 g/mol. The van der Waals surface area contributed by atoms with Crippen molar-refractivity contribution in [3.63, 3.8) is 0 Å². The second-order valence-corrected chi connectivity index (χ2v) is 3.51. The molecular formula is C13H11FN2O2. The van der Waals surface area contributed by atoms with E-state index in [1.54, 1.807) is 24.4 Å². The van der Waals surface area contributed by atoms with Gasteiger partial charge in [-0.25, -0.2) is 9.37 Å². The average molecular weight is 246 g/mol. The number of nitrogens with one attached hydrogen (secondary N) is 1. The van der Waals surface area contributed by atoms with Gasteiger partial charge in [-0.1, -0.05) is 6.07 Å². The summed E-state index contributed by atoms with van der Waals surface area (Å²) in [5, 5.41) is 2.56. The molecule has 1 N–H and O–H groups in total. The van der Waals surface area contributed by atoms with Gasteiger partial charge in [-0.3, -0.25) is 4.79 Å². The van der Waals surface area contributed by atoms with E-state index in [9.17, 15) is 9.18 Å². The third kappa shape index (κ3) is 2.63. The Morgan fingerprint density at radius 3 is 2.83 bits per heavy atom. The SMILES string of the molecule is COc1ccc(F)cc1C(=O)Nc1ccccn1. The van der Waals surface area contributed by atoms with Crippen molar-refractivity contribution in [3.8, 4) is 5.75 Å². The summed E-state index contributed by atoms with van der Waals surface area (Å²) in [6.45, 7) is 0. The largest absolute Gasteiger partial charge is 0.496 e. The molecule has 18 heavy (non-hydrogen) atoms. The van der Waals surface area contributed by atoms with Gasteiger partial charge in [-0.15, -0.1) is 0 Å². The summed E-state index contributed by atoms with van der Waals surface area (Å²) in [7, 11) is 1.42. The van der Waals surface area contributed by atoms with Gasteiger partial charge < -0.3 is 10.1 Å². The highest BCUT2D eigenvalue weighted by molar-refractivity contribution is 6.05. The van der Waals surface area contributed by atoms with Crippen LogP contribution < -0.4 is 10.1 Å². The summed E-state index contributed by atoms with van der Waals surface area (Å²) in [6.07, 6.45) is 1.55. The van der Waals surface area contributed by atoms with Crippen molar-refractivity contribution in [2.45, 2.75) is 0 Å². The van der Waals surface area contributed by atoms with Crippen LogP contribution in [-0.2, 0) is 0 Å². The van der Waals surface area contributed by atoms with E-state index in [1.165, 1.54) is 19.2 Å². The number of amides is 1. The first-order valence-corrected chi connectivity index (χ1v) is 5.26. The number of anilines is 1. The lowest BCUT2D eigenvalue weighted by molar-refractivity contribution is 0.102. The fourth-order valence-corrected chi connectivity index (χ4v) is 1.48. The highest BCUT2D eigenvalue weighted by Crippen LogP contribution is 2.20. The predicted octanol–water partition coefficient (Wildman–Crippen LogP) is 2.48. The summed E-state index contributed by atoms with van der Waals surface area (Å²) in [5.41, 5.74) is 0.128. The number of halogens is 1. The van der Waals surface area contributed by atoms with Crippen molar-refractivity contribution in [2.75, 3.05) is 12.4 Å². The van der Waals surface area contributed by atoms with Crippen LogP contribution in [0, 0.1) is 5.82 Å². The van der Waals surface area contributed by atoms with Gasteiger partial charge in [-0.05, 0) is 30.3 Å². The molecule has 1 aromatic carbocycles. The van der Waals surface area contributed by atoms with E-state index in [1.807, 2.05) is 0 Å². The predicted molar refractivity (Wildman–Crippen MR) is 65.1 cm³/mol. The number of hydrogen-bond donors (Lipinski definition) is 1. The molecule has 92 valence electrons. The summed E-state index contributed by atoms with van der Waals surface area (Å²) < 4.78 is 18.1. The number of carbonyl (C=O) groups is 1. The third-order valence-corrected chi connectivity index (χ3v) is 2.31. The zero-order chi connectivity index (χ0) is 13.0. The van der Waals surface area contributed by atoms with Crippen molar-refractivity contribution in [2.24, 2.45) is 0 Å². The van der Waals surface area contributed by atoms with E-state index in [-0.39, 0.29) is 5.56 Å². The molecule has 5 heteroatoms. The summed E-state index contributed by atoms with van der Waals surface area (Å²) in [5.74, 6) is -0.259. The molecule has 0 aliphatic rings. The first kappa shape index (κ1) is 12.0. The van der Waals surface area contributed by atoms with Crippen LogP contribution in [0.1, 0.15) is 10.4 Å². The lowest BCUT2D eigenvalue weighted by Gasteiger charge is -2.08. The molecule has 1 heterocycles. The minimum Gasteiger partial charge on any atom is -0.496 e. The average Bonchev–Trinajstić information content (AvgIpc) is 2.40. The topological polar surface area (TPSA) is 51.2 Å². The molecule has 0 atom stereocenters. The quantitative estimate of drug-likeness (QED) is 0.905. The molecule has 0 fully saturated rings. The van der Waals surface area contributed by atoms with Gasteiger partial charge in [0.2, 0.25) is 0 Å². The first-order chi connectivity index (χ1) is 8.70. The Hall–Kier alpha value is -2.43. The number of carbonyl (C=O) groups excluding carboxylic acids is 1. The van der Waals surface area contributed by atoms with Crippen LogP contribution in [0.2, 0.25) is 0 Å². The second-order valence-electron chi connectivity index (χ2n) is 3.51. The van der Waals surface area contributed by atoms with E-state index < -0.39 is 11.7 Å². The Labute approximate surface area is 103 Å². The van der Waals surface area contributed by atoms with Gasteiger partial charge in [0.05, 0.1) is 12.7 Å². The Morgan fingerprint density at radius 2 is 2.17 bits per heavy atom. The van der Waals surface area contributed by atoms with Crippen LogP contribution in [0.3, 0.4) is 0 Å². The van der Waals surface area contributed by atoms with Crippen LogP contribution in [0.25, 0.3) is 0 Å². The molecule has 0 unspecified atom stereocenters. The number of nitrogens with zero attached hydrogens (tertiary/aromatic N) is 1. The highest BCUT2D eigenvalue weighted by Gasteiger charge is 2.13. The minimum absolute atomic E-state index is 0.128.